The van der Waals surface area contributed by atoms with Crippen molar-refractivity contribution in [1.82, 2.24) is 10.2 Å². The number of ether oxygens (including phenoxy) is 4. The van der Waals surface area contributed by atoms with E-state index in [4.69, 9.17) is 42.1 Å². The molecule has 2 amide bonds. The third-order valence-corrected chi connectivity index (χ3v) is 20.7. The second-order valence-electron chi connectivity index (χ2n) is 28.1. The topological polar surface area (TPSA) is 141 Å². The molecule has 2 N–H and O–H groups in total. The largest absolute Gasteiger partial charge is 0.469 e. The minimum atomic E-state index is -0.724. The Balaban J connectivity index is 0.000000199. The number of aliphatic hydroxyl groups excluding tert-OH is 1. The van der Waals surface area contributed by atoms with Crippen LogP contribution in [0.4, 0.5) is 0 Å². The van der Waals surface area contributed by atoms with Crippen LogP contribution in [-0.4, -0.2) is 90.1 Å². The molecule has 11 nitrogen and oxygen atoms in total. The summed E-state index contributed by atoms with van der Waals surface area (Å²) in [6.07, 6.45) is 12.3. The summed E-state index contributed by atoms with van der Waals surface area (Å²) in [7, 11) is 2.89. The van der Waals surface area contributed by atoms with Crippen molar-refractivity contribution in [3.8, 4) is 0 Å². The van der Waals surface area contributed by atoms with Gasteiger partial charge >= 0.3 is 11.9 Å². The highest BCUT2D eigenvalue weighted by Crippen LogP contribution is 2.66. The number of aryl methyl sites for hydroxylation is 2. The Labute approximate surface area is 458 Å². The van der Waals surface area contributed by atoms with Crippen molar-refractivity contribution < 1.29 is 43.2 Å². The van der Waals surface area contributed by atoms with Crippen molar-refractivity contribution in [3.63, 3.8) is 0 Å². The molecule has 3 aliphatic heterocycles. The predicted octanol–water partition coefficient (Wildman–Crippen LogP) is 12.2. The van der Waals surface area contributed by atoms with E-state index in [0.717, 1.165) is 78.6 Å². The Morgan fingerprint density at radius 3 is 1.80 bits per heavy atom. The Bertz CT molecular complexity index is 2580. The summed E-state index contributed by atoms with van der Waals surface area (Å²) in [4.78, 5) is 54.4. The molecule has 4 unspecified atom stereocenters. The lowest BCUT2D eigenvalue weighted by atomic mass is 9.59. The van der Waals surface area contributed by atoms with Crippen LogP contribution in [0, 0.1) is 39.4 Å². The Morgan fingerprint density at radius 1 is 0.747 bits per heavy atom. The molecule has 75 heavy (non-hydrogen) atoms. The van der Waals surface area contributed by atoms with E-state index in [2.05, 4.69) is 111 Å². The van der Waals surface area contributed by atoms with Gasteiger partial charge in [-0.15, -0.1) is 0 Å². The number of carbonyl (C=O) groups is 4. The summed E-state index contributed by atoms with van der Waals surface area (Å²) >= 11 is 13.7. The molecule has 6 aliphatic carbocycles. The van der Waals surface area contributed by atoms with E-state index in [1.807, 2.05) is 24.8 Å². The first kappa shape index (κ1) is 57.7. The summed E-state index contributed by atoms with van der Waals surface area (Å²) in [5.74, 6) is -0.346. The first-order chi connectivity index (χ1) is 34.8. The number of carbonyl (C=O) groups excluding carboxylic acids is 4. The molecule has 414 valence electrons. The molecule has 0 spiro atoms. The molecule has 6 saturated carbocycles. The molecule has 9 aliphatic rings. The molecule has 0 radical (unpaired) electrons. The second kappa shape index (κ2) is 20.0. The lowest BCUT2D eigenvalue weighted by Crippen LogP contribution is -2.62. The van der Waals surface area contributed by atoms with E-state index < -0.39 is 27.3 Å². The number of benzene rings is 2. The summed E-state index contributed by atoms with van der Waals surface area (Å²) in [6.45, 7) is 26.8. The van der Waals surface area contributed by atoms with Gasteiger partial charge in [0.05, 0.1) is 54.9 Å². The zero-order valence-electron chi connectivity index (χ0n) is 47.7. The number of nitrogens with zero attached hydrogens (tertiary/aromatic N) is 1. The highest BCUT2D eigenvalue weighted by atomic mass is 35.5. The van der Waals surface area contributed by atoms with Gasteiger partial charge in [-0.25, -0.2) is 0 Å². The maximum atomic E-state index is 13.9. The van der Waals surface area contributed by atoms with Gasteiger partial charge in [-0.3, -0.25) is 19.2 Å². The van der Waals surface area contributed by atoms with Crippen LogP contribution in [0.5, 0.6) is 0 Å². The highest BCUT2D eigenvalue weighted by Gasteiger charge is 2.70. The molecule has 8 fully saturated rings. The molecule has 2 aromatic carbocycles. The smallest absolute Gasteiger partial charge is 0.311 e. The Morgan fingerprint density at radius 2 is 1.27 bits per heavy atom. The van der Waals surface area contributed by atoms with Gasteiger partial charge in [0.1, 0.15) is 0 Å². The first-order valence-electron chi connectivity index (χ1n) is 27.8. The van der Waals surface area contributed by atoms with Gasteiger partial charge in [-0.1, -0.05) is 103 Å². The summed E-state index contributed by atoms with van der Waals surface area (Å²) in [5, 5.41) is 15.4. The minimum absolute atomic E-state index is 0.00807. The molecule has 5 atom stereocenters. The van der Waals surface area contributed by atoms with Crippen LogP contribution in [0.3, 0.4) is 0 Å². The third kappa shape index (κ3) is 10.5. The lowest BCUT2D eigenvalue weighted by molar-refractivity contribution is -0.170. The van der Waals surface area contributed by atoms with Crippen LogP contribution in [0.2, 0.25) is 10.0 Å². The Kier molecular flexibility index (Phi) is 15.4. The first-order valence-corrected chi connectivity index (χ1v) is 28.5. The maximum absolute atomic E-state index is 13.9. The molecule has 11 rings (SSSR count). The van der Waals surface area contributed by atoms with Crippen LogP contribution in [0.25, 0.3) is 0 Å². The number of nitrogens with one attached hydrogen (secondary N) is 1. The van der Waals surface area contributed by atoms with E-state index in [0.29, 0.717) is 50.3 Å². The predicted molar refractivity (Wildman–Crippen MR) is 294 cm³/mol. The molecule has 3 heterocycles. The molecule has 0 aromatic heterocycles. The van der Waals surface area contributed by atoms with Crippen molar-refractivity contribution in [2.45, 2.75) is 206 Å². The SMILES string of the molecule is COC(=O)C12CCC(N3C=C4C(C)C(C)(C)OC[C@@]4(c4ccc(CCC(C)(C)C)c(Cl)c4)CC3=O)(C1)C2.COC(=O)C12CCC(NC(=O)CC3(c4ccc(CCC(C)(C)C)c(Cl)c4)COC(C)(C)C(C)C3CO)(C1)C2. The number of methoxy groups -OCH3 is 2. The van der Waals surface area contributed by atoms with E-state index in [9.17, 15) is 24.3 Å². The fourth-order valence-corrected chi connectivity index (χ4v) is 15.2. The average Bonchev–Trinajstić information content (AvgIpc) is 4.09. The molecular weight excluding hydrogens is 988 g/mol. The number of halogens is 2. The van der Waals surface area contributed by atoms with Crippen molar-refractivity contribution >= 4 is 47.0 Å². The number of esters is 2. The van der Waals surface area contributed by atoms with Crippen LogP contribution in [0.15, 0.2) is 48.2 Å². The summed E-state index contributed by atoms with van der Waals surface area (Å²) < 4.78 is 23.0. The van der Waals surface area contributed by atoms with Gasteiger partial charge in [0.15, 0.2) is 0 Å². The van der Waals surface area contributed by atoms with Gasteiger partial charge in [0.2, 0.25) is 11.8 Å². The van der Waals surface area contributed by atoms with E-state index in [1.165, 1.54) is 19.8 Å². The normalized spacial score (nSPS) is 34.2. The van der Waals surface area contributed by atoms with E-state index >= 15 is 0 Å². The number of aliphatic hydroxyl groups is 1. The fraction of sp³-hybridized carbons (Fsp3) is 0.710. The molecule has 13 heteroatoms. The van der Waals surface area contributed by atoms with E-state index in [1.54, 1.807) is 0 Å². The van der Waals surface area contributed by atoms with Gasteiger partial charge < -0.3 is 34.3 Å². The average molecular weight is 1080 g/mol. The minimum Gasteiger partial charge on any atom is -0.469 e. The standard InChI is InChI=1S/C31H46ClNO5.C31H42ClNO4/c1-20-23(16-34)31(19-38-28(20,5)6,22-9-8-21(24(32)14-22)10-11-27(2,3)4)15-25(35)33-30-13-12-29(17-30,18-30)26(36)37-7;1-20-23-16-33(30-13-12-29(17-30,18-30)26(35)36-7)25(34)15-31(23,19-37-28(20,5)6)22-9-8-21(24(32)14-22)10-11-27(2,3)4/h8-9,14,20,23,34H,10-13,15-19H2,1-7H3,(H,33,35);8-9,14,16,20H,10-13,15,17-19H2,1-7H3/t;20?,29?,30?,31-/m.1/s1. The van der Waals surface area contributed by atoms with Crippen molar-refractivity contribution in [3.05, 3.63) is 80.5 Å². The second-order valence-corrected chi connectivity index (χ2v) is 28.9. The van der Waals surface area contributed by atoms with Crippen molar-refractivity contribution in [2.24, 2.45) is 39.4 Å². The number of hydrogen-bond donors (Lipinski definition) is 2. The van der Waals surface area contributed by atoms with Gasteiger partial charge in [0, 0.05) is 58.1 Å². The van der Waals surface area contributed by atoms with Crippen LogP contribution < -0.4 is 5.32 Å². The quantitative estimate of drug-likeness (QED) is 0.188. The van der Waals surface area contributed by atoms with Gasteiger partial charge in [-0.05, 0) is 167 Å². The fourth-order valence-electron chi connectivity index (χ4n) is 14.7. The van der Waals surface area contributed by atoms with Crippen molar-refractivity contribution in [1.29, 1.82) is 0 Å². The zero-order valence-corrected chi connectivity index (χ0v) is 49.2. The number of amides is 2. The van der Waals surface area contributed by atoms with Crippen LogP contribution in [-0.2, 0) is 61.8 Å². The zero-order chi connectivity index (χ0) is 55.2. The molecular formula is C62H88Cl2N2O9. The monoisotopic (exact) mass is 1070 g/mol. The summed E-state index contributed by atoms with van der Waals surface area (Å²) in [5.41, 5.74) is 2.37. The highest BCUT2D eigenvalue weighted by molar-refractivity contribution is 6.31. The molecule has 2 saturated heterocycles. The lowest BCUT2D eigenvalue weighted by Gasteiger charge is -2.57. The Hall–Kier alpha value is -3.48. The van der Waals surface area contributed by atoms with Crippen LogP contribution >= 0.6 is 23.2 Å². The molecule has 2 aromatic rings. The van der Waals surface area contributed by atoms with Gasteiger partial charge in [0.25, 0.3) is 0 Å². The van der Waals surface area contributed by atoms with Crippen molar-refractivity contribution in [2.75, 3.05) is 34.0 Å². The number of hydrogen-bond acceptors (Lipinski definition) is 9. The van der Waals surface area contributed by atoms with E-state index in [-0.39, 0.29) is 82.0 Å². The van der Waals surface area contributed by atoms with Crippen LogP contribution in [0.1, 0.15) is 182 Å². The number of fused-ring (bicyclic) bond motifs is 3. The summed E-state index contributed by atoms with van der Waals surface area (Å²) in [6, 6.07) is 12.5. The third-order valence-electron chi connectivity index (χ3n) is 20.0. The van der Waals surface area contributed by atoms with Gasteiger partial charge in [-0.2, -0.15) is 0 Å². The number of rotatable bonds is 13. The maximum Gasteiger partial charge on any atom is 0.311 e. The molecule has 4 bridgehead atoms.